The molecule has 122 valence electrons. The topological polar surface area (TPSA) is 99.7 Å². The summed E-state index contributed by atoms with van der Waals surface area (Å²) < 4.78 is 12.5. The van der Waals surface area contributed by atoms with Crippen LogP contribution in [0.15, 0.2) is 12.4 Å². The van der Waals surface area contributed by atoms with E-state index in [1.807, 2.05) is 6.92 Å². The minimum Gasteiger partial charge on any atom is -0.377 e. The maximum Gasteiger partial charge on any atom is 0.244 e. The van der Waals surface area contributed by atoms with E-state index in [9.17, 15) is 9.59 Å². The fraction of sp³-hybridized carbons (Fsp3) is 0.643. The van der Waals surface area contributed by atoms with Crippen molar-refractivity contribution in [2.24, 2.45) is 5.73 Å². The molecule has 1 aliphatic rings. The molecule has 0 aliphatic carbocycles. The summed E-state index contributed by atoms with van der Waals surface area (Å²) in [6.45, 7) is 3.40. The van der Waals surface area contributed by atoms with E-state index in [4.69, 9.17) is 15.2 Å². The minimum atomic E-state index is -0.891. The largest absolute Gasteiger partial charge is 0.377 e. The molecule has 0 radical (unpaired) electrons. The summed E-state index contributed by atoms with van der Waals surface area (Å²) >= 11 is 0. The maximum atomic E-state index is 12.5. The summed E-state index contributed by atoms with van der Waals surface area (Å²) in [6, 6.07) is 0. The summed E-state index contributed by atoms with van der Waals surface area (Å²) in [5, 5.41) is 4.11. The van der Waals surface area contributed by atoms with E-state index in [0.29, 0.717) is 13.2 Å². The van der Waals surface area contributed by atoms with Gasteiger partial charge >= 0.3 is 0 Å². The standard InChI is InChI=1S/C14H22N4O4/c1-11-6-16-18(7-11)8-13(20)17-3-4-22-10-14(9-17,21-2)5-12(15)19/h6-7H,3-5,8-10H2,1-2H3,(H2,15,19). The van der Waals surface area contributed by atoms with Crippen LogP contribution < -0.4 is 5.73 Å². The van der Waals surface area contributed by atoms with Gasteiger partial charge in [-0.15, -0.1) is 0 Å². The third-order valence-corrected chi connectivity index (χ3v) is 3.69. The highest BCUT2D eigenvalue weighted by atomic mass is 16.5. The SMILES string of the molecule is COC1(CC(N)=O)COCCN(C(=O)Cn2cc(C)cn2)C1. The highest BCUT2D eigenvalue weighted by molar-refractivity contribution is 5.77. The van der Waals surface area contributed by atoms with Crippen LogP contribution in [-0.2, 0) is 25.6 Å². The van der Waals surface area contributed by atoms with Crippen molar-refractivity contribution in [3.63, 3.8) is 0 Å². The molecule has 1 saturated heterocycles. The number of carbonyl (C=O) groups excluding carboxylic acids is 2. The molecule has 0 saturated carbocycles. The highest BCUT2D eigenvalue weighted by Crippen LogP contribution is 2.20. The van der Waals surface area contributed by atoms with Crippen molar-refractivity contribution < 1.29 is 19.1 Å². The monoisotopic (exact) mass is 310 g/mol. The first-order valence-electron chi connectivity index (χ1n) is 7.12. The molecule has 0 aromatic carbocycles. The van der Waals surface area contributed by atoms with Gasteiger partial charge in [-0.25, -0.2) is 0 Å². The predicted molar refractivity (Wildman–Crippen MR) is 77.9 cm³/mol. The molecule has 1 fully saturated rings. The Bertz CT molecular complexity index is 545. The number of nitrogens with zero attached hydrogens (tertiary/aromatic N) is 3. The second-order valence-corrected chi connectivity index (χ2v) is 5.61. The van der Waals surface area contributed by atoms with Crippen molar-refractivity contribution in [1.29, 1.82) is 0 Å². The summed E-state index contributed by atoms with van der Waals surface area (Å²) in [5.74, 6) is -0.582. The lowest BCUT2D eigenvalue weighted by atomic mass is 9.99. The van der Waals surface area contributed by atoms with Crippen LogP contribution in [0.1, 0.15) is 12.0 Å². The number of rotatable bonds is 5. The lowest BCUT2D eigenvalue weighted by molar-refractivity contribution is -0.140. The third-order valence-electron chi connectivity index (χ3n) is 3.69. The molecule has 2 amide bonds. The first-order valence-corrected chi connectivity index (χ1v) is 7.12. The predicted octanol–water partition coefficient (Wildman–Crippen LogP) is -0.689. The average molecular weight is 310 g/mol. The zero-order valence-electron chi connectivity index (χ0n) is 12.9. The molecular formula is C14H22N4O4. The van der Waals surface area contributed by atoms with Gasteiger partial charge in [0, 0.05) is 19.9 Å². The van der Waals surface area contributed by atoms with Crippen LogP contribution in [0.3, 0.4) is 0 Å². The molecule has 0 spiro atoms. The van der Waals surface area contributed by atoms with Crippen LogP contribution in [-0.4, -0.2) is 65.5 Å². The Morgan fingerprint density at radius 3 is 2.91 bits per heavy atom. The van der Waals surface area contributed by atoms with Crippen molar-refractivity contribution in [2.45, 2.75) is 25.5 Å². The molecule has 1 aromatic rings. The fourth-order valence-electron chi connectivity index (χ4n) is 2.53. The van der Waals surface area contributed by atoms with Gasteiger partial charge in [-0.05, 0) is 12.5 Å². The average Bonchev–Trinajstić information content (AvgIpc) is 2.74. The van der Waals surface area contributed by atoms with E-state index in [1.165, 1.54) is 7.11 Å². The molecule has 2 heterocycles. The van der Waals surface area contributed by atoms with Gasteiger partial charge in [-0.1, -0.05) is 0 Å². The number of primary amides is 1. The molecule has 22 heavy (non-hydrogen) atoms. The number of amides is 2. The molecule has 8 nitrogen and oxygen atoms in total. The van der Waals surface area contributed by atoms with Crippen LogP contribution in [0.2, 0.25) is 0 Å². The van der Waals surface area contributed by atoms with Gasteiger partial charge in [0.05, 0.1) is 32.4 Å². The van der Waals surface area contributed by atoms with E-state index in [1.54, 1.807) is 22.0 Å². The van der Waals surface area contributed by atoms with E-state index in [-0.39, 0.29) is 32.0 Å². The molecule has 1 aliphatic heterocycles. The van der Waals surface area contributed by atoms with Crippen LogP contribution in [0.4, 0.5) is 0 Å². The number of hydrogen-bond donors (Lipinski definition) is 1. The molecular weight excluding hydrogens is 288 g/mol. The second-order valence-electron chi connectivity index (χ2n) is 5.61. The number of aryl methyl sites for hydroxylation is 1. The summed E-state index contributed by atoms with van der Waals surface area (Å²) in [7, 11) is 1.50. The van der Waals surface area contributed by atoms with E-state index < -0.39 is 11.5 Å². The van der Waals surface area contributed by atoms with Crippen LogP contribution in [0, 0.1) is 6.92 Å². The number of carbonyl (C=O) groups is 2. The second kappa shape index (κ2) is 6.89. The minimum absolute atomic E-state index is 0.00809. The van der Waals surface area contributed by atoms with Gasteiger partial charge < -0.3 is 20.1 Å². The zero-order valence-corrected chi connectivity index (χ0v) is 12.9. The Balaban J connectivity index is 2.08. The maximum absolute atomic E-state index is 12.5. The first kappa shape index (κ1) is 16.4. The third kappa shape index (κ3) is 4.05. The number of hydrogen-bond acceptors (Lipinski definition) is 5. The van der Waals surface area contributed by atoms with Gasteiger partial charge in [0.2, 0.25) is 11.8 Å². The van der Waals surface area contributed by atoms with Gasteiger partial charge in [0.15, 0.2) is 0 Å². The molecule has 1 unspecified atom stereocenters. The first-order chi connectivity index (χ1) is 10.4. The van der Waals surface area contributed by atoms with E-state index in [0.717, 1.165) is 5.56 Å². The lowest BCUT2D eigenvalue weighted by Crippen LogP contribution is -2.50. The van der Waals surface area contributed by atoms with Crippen LogP contribution in [0.5, 0.6) is 0 Å². The molecule has 0 bridgehead atoms. The quantitative estimate of drug-likeness (QED) is 0.776. The molecule has 8 heteroatoms. The molecule has 2 rings (SSSR count). The van der Waals surface area contributed by atoms with E-state index >= 15 is 0 Å². The van der Waals surface area contributed by atoms with Crippen molar-refractivity contribution in [3.05, 3.63) is 18.0 Å². The Kier molecular flexibility index (Phi) is 5.15. The number of aromatic nitrogens is 2. The normalized spacial score (nSPS) is 22.4. The van der Waals surface area contributed by atoms with Gasteiger partial charge in [0.25, 0.3) is 0 Å². The van der Waals surface area contributed by atoms with Crippen molar-refractivity contribution in [1.82, 2.24) is 14.7 Å². The Labute approximate surface area is 129 Å². The zero-order chi connectivity index (χ0) is 16.2. The highest BCUT2D eigenvalue weighted by Gasteiger charge is 2.38. The van der Waals surface area contributed by atoms with Gasteiger partial charge in [-0.2, -0.15) is 5.10 Å². The van der Waals surface area contributed by atoms with Crippen molar-refractivity contribution in [3.8, 4) is 0 Å². The summed E-state index contributed by atoms with van der Waals surface area (Å²) in [4.78, 5) is 25.4. The van der Waals surface area contributed by atoms with Crippen molar-refractivity contribution in [2.75, 3.05) is 33.4 Å². The van der Waals surface area contributed by atoms with E-state index in [2.05, 4.69) is 5.10 Å². The number of nitrogens with two attached hydrogens (primary N) is 1. The fourth-order valence-corrected chi connectivity index (χ4v) is 2.53. The summed E-state index contributed by atoms with van der Waals surface area (Å²) in [5.41, 5.74) is 5.39. The van der Waals surface area contributed by atoms with Crippen LogP contribution >= 0.6 is 0 Å². The van der Waals surface area contributed by atoms with Gasteiger partial charge in [-0.3, -0.25) is 14.3 Å². The smallest absolute Gasteiger partial charge is 0.244 e. The Morgan fingerprint density at radius 2 is 2.32 bits per heavy atom. The Hall–Kier alpha value is -1.93. The number of ether oxygens (including phenoxy) is 2. The molecule has 1 aromatic heterocycles. The lowest BCUT2D eigenvalue weighted by Gasteiger charge is -2.33. The molecule has 2 N–H and O–H groups in total. The molecule has 1 atom stereocenters. The van der Waals surface area contributed by atoms with Crippen LogP contribution in [0.25, 0.3) is 0 Å². The Morgan fingerprint density at radius 1 is 1.55 bits per heavy atom. The number of methoxy groups -OCH3 is 1. The van der Waals surface area contributed by atoms with Crippen molar-refractivity contribution >= 4 is 11.8 Å². The summed E-state index contributed by atoms with van der Waals surface area (Å²) in [6.07, 6.45) is 3.51. The van der Waals surface area contributed by atoms with Gasteiger partial charge in [0.1, 0.15) is 12.1 Å².